The van der Waals surface area contributed by atoms with Crippen LogP contribution in [0.25, 0.3) is 0 Å². The predicted molar refractivity (Wildman–Crippen MR) is 79.1 cm³/mol. The van der Waals surface area contributed by atoms with Gasteiger partial charge in [0.2, 0.25) is 0 Å². The van der Waals surface area contributed by atoms with Crippen molar-refractivity contribution in [2.45, 2.75) is 13.5 Å². The summed E-state index contributed by atoms with van der Waals surface area (Å²) in [4.78, 5) is 0. The summed E-state index contributed by atoms with van der Waals surface area (Å²) < 4.78 is 9.79. The van der Waals surface area contributed by atoms with Gasteiger partial charge >= 0.3 is 0 Å². The Morgan fingerprint density at radius 2 is 2.00 bits per heavy atom. The largest absolute Gasteiger partial charge is 0.487 e. The number of rotatable bonds is 3. The van der Waals surface area contributed by atoms with Gasteiger partial charge in [0.25, 0.3) is 0 Å². The summed E-state index contributed by atoms with van der Waals surface area (Å²) in [5.41, 5.74) is 2.02. The van der Waals surface area contributed by atoms with Crippen molar-refractivity contribution in [2.24, 2.45) is 7.05 Å². The lowest BCUT2D eigenvalue weighted by Gasteiger charge is -2.07. The maximum Gasteiger partial charge on any atom is 0.131 e. The molecule has 0 radical (unpaired) electrons. The van der Waals surface area contributed by atoms with E-state index in [4.69, 9.17) is 4.74 Å². The molecule has 2 aromatic rings. The van der Waals surface area contributed by atoms with Gasteiger partial charge in [0.15, 0.2) is 0 Å². The molecule has 17 heavy (non-hydrogen) atoms. The Bertz CT molecular complexity index is 522. The third kappa shape index (κ3) is 3.01. The number of ether oxygens (including phenoxy) is 1. The number of nitrogens with zero attached hydrogens (tertiary/aromatic N) is 2. The molecular formula is C12H12BrIN2O. The summed E-state index contributed by atoms with van der Waals surface area (Å²) in [6.07, 6.45) is 0. The van der Waals surface area contributed by atoms with E-state index >= 15 is 0 Å². The molecule has 1 heterocycles. The second-order valence-electron chi connectivity index (χ2n) is 3.71. The van der Waals surface area contributed by atoms with Crippen molar-refractivity contribution in [1.82, 2.24) is 9.78 Å². The molecule has 2 rings (SSSR count). The van der Waals surface area contributed by atoms with E-state index in [0.29, 0.717) is 6.61 Å². The van der Waals surface area contributed by atoms with Crippen molar-refractivity contribution < 1.29 is 4.74 Å². The van der Waals surface area contributed by atoms with Crippen molar-refractivity contribution >= 4 is 38.5 Å². The molecule has 3 nitrogen and oxygen atoms in total. The maximum absolute atomic E-state index is 5.73. The molecule has 90 valence electrons. The summed E-state index contributed by atoms with van der Waals surface area (Å²) >= 11 is 5.79. The van der Waals surface area contributed by atoms with Crippen LogP contribution in [-0.4, -0.2) is 9.78 Å². The molecule has 0 N–H and O–H groups in total. The maximum atomic E-state index is 5.73. The van der Waals surface area contributed by atoms with Crippen LogP contribution >= 0.6 is 38.5 Å². The van der Waals surface area contributed by atoms with E-state index in [1.54, 1.807) is 0 Å². The quantitative estimate of drug-likeness (QED) is 0.727. The van der Waals surface area contributed by atoms with E-state index in [9.17, 15) is 0 Å². The molecule has 0 fully saturated rings. The molecule has 1 aromatic carbocycles. The first kappa shape index (κ1) is 12.9. The molecule has 0 spiro atoms. The first-order valence-corrected chi connectivity index (χ1v) is 7.01. The third-order valence-corrected chi connectivity index (χ3v) is 4.20. The first-order chi connectivity index (χ1) is 8.08. The van der Waals surface area contributed by atoms with Crippen LogP contribution in [0.3, 0.4) is 0 Å². The van der Waals surface area contributed by atoms with Crippen LogP contribution in [0.1, 0.15) is 11.4 Å². The average Bonchev–Trinajstić information content (AvgIpc) is 2.54. The van der Waals surface area contributed by atoms with Gasteiger partial charge in [-0.25, -0.2) is 0 Å². The fraction of sp³-hybridized carbons (Fsp3) is 0.250. The van der Waals surface area contributed by atoms with Crippen LogP contribution < -0.4 is 4.74 Å². The van der Waals surface area contributed by atoms with Crippen LogP contribution in [0.2, 0.25) is 0 Å². The van der Waals surface area contributed by atoms with E-state index in [1.807, 2.05) is 42.9 Å². The van der Waals surface area contributed by atoms with E-state index < -0.39 is 0 Å². The molecule has 0 saturated carbocycles. The SMILES string of the molecule is Cc1nn(C)c(COc2ccc(I)cc2)c1Br. The number of hydrogen-bond acceptors (Lipinski definition) is 2. The minimum Gasteiger partial charge on any atom is -0.487 e. The Morgan fingerprint density at radius 1 is 1.35 bits per heavy atom. The van der Waals surface area contributed by atoms with Crippen molar-refractivity contribution in [2.75, 3.05) is 0 Å². The van der Waals surface area contributed by atoms with Gasteiger partial charge in [-0.3, -0.25) is 4.68 Å². The number of aromatic nitrogens is 2. The average molecular weight is 407 g/mol. The van der Waals surface area contributed by atoms with E-state index in [-0.39, 0.29) is 0 Å². The van der Waals surface area contributed by atoms with Gasteiger partial charge in [0.05, 0.1) is 15.9 Å². The van der Waals surface area contributed by atoms with Crippen molar-refractivity contribution in [3.8, 4) is 5.75 Å². The minimum atomic E-state index is 0.512. The van der Waals surface area contributed by atoms with Gasteiger partial charge in [-0.05, 0) is 69.7 Å². The van der Waals surface area contributed by atoms with Gasteiger partial charge in [0.1, 0.15) is 12.4 Å². The van der Waals surface area contributed by atoms with Crippen molar-refractivity contribution in [1.29, 1.82) is 0 Å². The highest BCUT2D eigenvalue weighted by atomic mass is 127. The molecule has 0 aliphatic rings. The van der Waals surface area contributed by atoms with Crippen molar-refractivity contribution in [3.63, 3.8) is 0 Å². The van der Waals surface area contributed by atoms with Crippen LogP contribution in [0, 0.1) is 10.5 Å². The number of hydrogen-bond donors (Lipinski definition) is 0. The number of aryl methyl sites for hydroxylation is 2. The Morgan fingerprint density at radius 3 is 2.53 bits per heavy atom. The van der Waals surface area contributed by atoms with Crippen LogP contribution in [0.5, 0.6) is 5.75 Å². The fourth-order valence-corrected chi connectivity index (χ4v) is 2.33. The third-order valence-electron chi connectivity index (χ3n) is 2.45. The summed E-state index contributed by atoms with van der Waals surface area (Å²) in [7, 11) is 1.92. The van der Waals surface area contributed by atoms with E-state index in [1.165, 1.54) is 3.57 Å². The molecule has 1 aromatic heterocycles. The van der Waals surface area contributed by atoms with Gasteiger partial charge in [-0.2, -0.15) is 5.10 Å². The fourth-order valence-electron chi connectivity index (χ4n) is 1.52. The highest BCUT2D eigenvalue weighted by molar-refractivity contribution is 14.1. The predicted octanol–water partition coefficient (Wildman–Crippen LogP) is 3.67. The molecular weight excluding hydrogens is 395 g/mol. The van der Waals surface area contributed by atoms with Gasteiger partial charge in [-0.1, -0.05) is 0 Å². The van der Waals surface area contributed by atoms with Gasteiger partial charge in [-0.15, -0.1) is 0 Å². The van der Waals surface area contributed by atoms with Crippen molar-refractivity contribution in [3.05, 3.63) is 43.7 Å². The molecule has 0 saturated heterocycles. The lowest BCUT2D eigenvalue weighted by Crippen LogP contribution is -2.03. The molecule has 5 heteroatoms. The smallest absolute Gasteiger partial charge is 0.131 e. The zero-order valence-corrected chi connectivity index (χ0v) is 13.3. The van der Waals surface area contributed by atoms with E-state index in [2.05, 4.69) is 43.6 Å². The molecule has 0 amide bonds. The molecule has 0 bridgehead atoms. The Hall–Kier alpha value is -0.560. The zero-order chi connectivity index (χ0) is 12.4. The van der Waals surface area contributed by atoms with Gasteiger partial charge < -0.3 is 4.74 Å². The van der Waals surface area contributed by atoms with Crippen LogP contribution in [0.4, 0.5) is 0 Å². The molecule has 0 unspecified atom stereocenters. The Labute approximate surface area is 122 Å². The van der Waals surface area contributed by atoms with E-state index in [0.717, 1.165) is 21.6 Å². The normalized spacial score (nSPS) is 10.6. The summed E-state index contributed by atoms with van der Waals surface area (Å²) in [6, 6.07) is 8.00. The first-order valence-electron chi connectivity index (χ1n) is 5.14. The minimum absolute atomic E-state index is 0.512. The topological polar surface area (TPSA) is 27.1 Å². The Kier molecular flexibility index (Phi) is 4.09. The van der Waals surface area contributed by atoms with Crippen LogP contribution in [0.15, 0.2) is 28.7 Å². The molecule has 0 aliphatic heterocycles. The number of benzene rings is 1. The lowest BCUT2D eigenvalue weighted by molar-refractivity contribution is 0.294. The second kappa shape index (κ2) is 5.39. The highest BCUT2D eigenvalue weighted by Gasteiger charge is 2.10. The number of halogens is 2. The second-order valence-corrected chi connectivity index (χ2v) is 5.75. The molecule has 0 aliphatic carbocycles. The highest BCUT2D eigenvalue weighted by Crippen LogP contribution is 2.22. The van der Waals surface area contributed by atoms with Gasteiger partial charge in [0, 0.05) is 10.6 Å². The zero-order valence-electron chi connectivity index (χ0n) is 9.58. The molecule has 0 atom stereocenters. The summed E-state index contributed by atoms with van der Waals surface area (Å²) in [5, 5.41) is 4.33. The summed E-state index contributed by atoms with van der Waals surface area (Å²) in [6.45, 7) is 2.48. The lowest BCUT2D eigenvalue weighted by atomic mass is 10.3. The van der Waals surface area contributed by atoms with Crippen LogP contribution in [-0.2, 0) is 13.7 Å². The standard InChI is InChI=1S/C12H12BrIN2O/c1-8-12(13)11(16(2)15-8)7-17-10-5-3-9(14)4-6-10/h3-6H,7H2,1-2H3. The monoisotopic (exact) mass is 406 g/mol. The Balaban J connectivity index is 2.09. The summed E-state index contributed by atoms with van der Waals surface area (Å²) in [5.74, 6) is 0.871.